The monoisotopic (exact) mass is 643 g/mol. The van der Waals surface area contributed by atoms with Crippen LogP contribution in [-0.2, 0) is 17.9 Å². The number of benzene rings is 5. The highest BCUT2D eigenvalue weighted by molar-refractivity contribution is 7.80. The zero-order valence-corrected chi connectivity index (χ0v) is 26.2. The number of carbonyl (C=O) groups excluding carboxylic acids is 2. The van der Waals surface area contributed by atoms with Gasteiger partial charge in [0.2, 0.25) is 0 Å². The van der Waals surface area contributed by atoms with Crippen molar-refractivity contribution in [3.8, 4) is 0 Å². The first-order valence-electron chi connectivity index (χ1n) is 14.7. The van der Waals surface area contributed by atoms with Crippen LogP contribution in [0, 0.1) is 0 Å². The molecule has 2 amide bonds. The lowest BCUT2D eigenvalue weighted by Gasteiger charge is -2.16. The van der Waals surface area contributed by atoms with E-state index in [1.54, 1.807) is 30.3 Å². The van der Waals surface area contributed by atoms with Crippen molar-refractivity contribution < 1.29 is 9.59 Å². The minimum absolute atomic E-state index is 0.212. The van der Waals surface area contributed by atoms with Crippen molar-refractivity contribution in [2.75, 3.05) is 16.0 Å². The third-order valence-electron chi connectivity index (χ3n) is 7.40. The molecular formula is C37H30ClN5O2S. The molecule has 7 nitrogen and oxygen atoms in total. The van der Waals surface area contributed by atoms with E-state index in [0.717, 1.165) is 28.1 Å². The molecule has 0 saturated heterocycles. The van der Waals surface area contributed by atoms with E-state index in [4.69, 9.17) is 23.8 Å². The third kappa shape index (κ3) is 7.43. The lowest BCUT2D eigenvalue weighted by atomic mass is 9.98. The van der Waals surface area contributed by atoms with Crippen LogP contribution in [0.2, 0.25) is 5.02 Å². The van der Waals surface area contributed by atoms with Crippen LogP contribution in [-0.4, -0.2) is 16.9 Å². The maximum absolute atomic E-state index is 13.4. The van der Waals surface area contributed by atoms with Gasteiger partial charge in [-0.3, -0.25) is 9.59 Å². The molecule has 0 saturated carbocycles. The van der Waals surface area contributed by atoms with E-state index in [1.807, 2.05) is 97.1 Å². The first-order chi connectivity index (χ1) is 22.4. The van der Waals surface area contributed by atoms with Crippen molar-refractivity contribution in [2.24, 2.45) is 0 Å². The van der Waals surface area contributed by atoms with Gasteiger partial charge in [-0.15, -0.1) is 0 Å². The van der Waals surface area contributed by atoms with E-state index in [-0.39, 0.29) is 11.8 Å². The summed E-state index contributed by atoms with van der Waals surface area (Å²) < 4.78 is 0. The van der Waals surface area contributed by atoms with E-state index in [2.05, 4.69) is 26.6 Å². The Kier molecular flexibility index (Phi) is 9.38. The highest BCUT2D eigenvalue weighted by Gasteiger charge is 2.29. The second-order valence-corrected chi connectivity index (χ2v) is 11.5. The van der Waals surface area contributed by atoms with Crippen LogP contribution in [0.3, 0.4) is 0 Å². The first kappa shape index (κ1) is 30.6. The van der Waals surface area contributed by atoms with Gasteiger partial charge in [0, 0.05) is 46.3 Å². The fourth-order valence-electron chi connectivity index (χ4n) is 5.13. The number of hydrogen-bond donors (Lipinski definition) is 5. The second-order valence-electron chi connectivity index (χ2n) is 10.6. The van der Waals surface area contributed by atoms with Crippen LogP contribution < -0.4 is 26.6 Å². The van der Waals surface area contributed by atoms with E-state index in [9.17, 15) is 9.59 Å². The molecule has 46 heavy (non-hydrogen) atoms. The van der Waals surface area contributed by atoms with Gasteiger partial charge in [-0.1, -0.05) is 90.5 Å². The van der Waals surface area contributed by atoms with E-state index in [0.29, 0.717) is 51.3 Å². The summed E-state index contributed by atoms with van der Waals surface area (Å²) in [4.78, 5) is 26.5. The summed E-state index contributed by atoms with van der Waals surface area (Å²) in [6.45, 7) is 0.866. The molecule has 5 N–H and O–H groups in total. The molecule has 0 unspecified atom stereocenters. The Morgan fingerprint density at radius 3 is 2.09 bits per heavy atom. The molecule has 0 fully saturated rings. The Labute approximate surface area is 277 Å². The molecule has 0 aliphatic carbocycles. The van der Waals surface area contributed by atoms with E-state index >= 15 is 0 Å². The first-order valence-corrected chi connectivity index (χ1v) is 15.5. The standard InChI is InChI=1S/C37H30ClN5O2S/c38-28-12-7-13-30(21-28)42-37(46)41-29-17-14-25(15-18-29)22-39-34(26-10-5-2-6-11-26)33-31-20-27(16-19-32(31)43-36(33)45)35(44)40-23-24-8-3-1-4-9-24/h1-21,39H,22-23H2,(H,40,44)(H,43,45)(H2,41,42,46). The summed E-state index contributed by atoms with van der Waals surface area (Å²) in [6.07, 6.45) is 0. The van der Waals surface area contributed by atoms with Gasteiger partial charge in [0.1, 0.15) is 0 Å². The summed E-state index contributed by atoms with van der Waals surface area (Å²) in [5.74, 6) is -0.445. The SMILES string of the molecule is O=C1Nc2ccc(C(=O)NCc3ccccc3)cc2C1=C(NCc1ccc(NC(=S)Nc2cccc(Cl)c2)cc1)c1ccccc1. The molecule has 9 heteroatoms. The van der Waals surface area contributed by atoms with Crippen molar-refractivity contribution in [1.29, 1.82) is 0 Å². The molecule has 0 atom stereocenters. The van der Waals surface area contributed by atoms with Crippen molar-refractivity contribution in [3.05, 3.63) is 160 Å². The lowest BCUT2D eigenvalue weighted by Crippen LogP contribution is -2.22. The Morgan fingerprint density at radius 1 is 0.674 bits per heavy atom. The van der Waals surface area contributed by atoms with Crippen molar-refractivity contribution in [3.63, 3.8) is 0 Å². The normalized spacial score (nSPS) is 12.8. The number of halogens is 1. The lowest BCUT2D eigenvalue weighted by molar-refractivity contribution is -0.110. The fraction of sp³-hybridized carbons (Fsp3) is 0.0541. The Balaban J connectivity index is 1.20. The van der Waals surface area contributed by atoms with Crippen LogP contribution in [0.4, 0.5) is 17.1 Å². The van der Waals surface area contributed by atoms with Crippen molar-refractivity contribution in [1.82, 2.24) is 10.6 Å². The van der Waals surface area contributed by atoms with Gasteiger partial charge in [-0.25, -0.2) is 0 Å². The number of hydrogen-bond acceptors (Lipinski definition) is 4. The number of nitrogens with one attached hydrogen (secondary N) is 5. The number of thiocarbonyl (C=S) groups is 1. The summed E-state index contributed by atoms with van der Waals surface area (Å²) in [5.41, 5.74) is 7.44. The van der Waals surface area contributed by atoms with Gasteiger partial charge in [0.05, 0.1) is 11.3 Å². The Morgan fingerprint density at radius 2 is 1.35 bits per heavy atom. The predicted octanol–water partition coefficient (Wildman–Crippen LogP) is 7.69. The van der Waals surface area contributed by atoms with Crippen LogP contribution in [0.5, 0.6) is 0 Å². The molecule has 1 aliphatic rings. The Hall–Kier alpha value is -5.44. The molecule has 0 radical (unpaired) electrons. The summed E-state index contributed by atoms with van der Waals surface area (Å²) in [7, 11) is 0. The summed E-state index contributed by atoms with van der Waals surface area (Å²) in [5, 5.41) is 16.8. The van der Waals surface area contributed by atoms with Crippen LogP contribution in [0.1, 0.15) is 32.6 Å². The quantitative estimate of drug-likeness (QED) is 0.0835. The zero-order chi connectivity index (χ0) is 31.9. The maximum Gasteiger partial charge on any atom is 0.258 e. The van der Waals surface area contributed by atoms with Crippen molar-refractivity contribution in [2.45, 2.75) is 13.1 Å². The van der Waals surface area contributed by atoms with Crippen LogP contribution in [0.25, 0.3) is 11.3 Å². The number of fused-ring (bicyclic) bond motifs is 1. The van der Waals surface area contributed by atoms with Gasteiger partial charge < -0.3 is 26.6 Å². The number of carbonyl (C=O) groups is 2. The predicted molar refractivity (Wildman–Crippen MR) is 191 cm³/mol. The highest BCUT2D eigenvalue weighted by Crippen LogP contribution is 2.37. The van der Waals surface area contributed by atoms with Gasteiger partial charge in [-0.05, 0) is 77.4 Å². The van der Waals surface area contributed by atoms with Gasteiger partial charge >= 0.3 is 0 Å². The molecule has 0 aromatic heterocycles. The molecule has 1 aliphatic heterocycles. The van der Waals surface area contributed by atoms with Crippen LogP contribution >= 0.6 is 23.8 Å². The highest BCUT2D eigenvalue weighted by atomic mass is 35.5. The number of rotatable bonds is 9. The second kappa shape index (κ2) is 14.1. The molecule has 228 valence electrons. The average molecular weight is 644 g/mol. The maximum atomic E-state index is 13.4. The molecule has 1 heterocycles. The molecule has 0 spiro atoms. The third-order valence-corrected chi connectivity index (χ3v) is 7.84. The number of anilines is 3. The van der Waals surface area contributed by atoms with Gasteiger partial charge in [0.15, 0.2) is 5.11 Å². The van der Waals surface area contributed by atoms with E-state index in [1.165, 1.54) is 0 Å². The molecule has 5 aromatic rings. The van der Waals surface area contributed by atoms with Gasteiger partial charge in [-0.2, -0.15) is 0 Å². The largest absolute Gasteiger partial charge is 0.380 e. The fourth-order valence-corrected chi connectivity index (χ4v) is 5.56. The minimum Gasteiger partial charge on any atom is -0.380 e. The smallest absolute Gasteiger partial charge is 0.258 e. The average Bonchev–Trinajstić information content (AvgIpc) is 3.40. The molecular weight excluding hydrogens is 614 g/mol. The number of amides is 2. The van der Waals surface area contributed by atoms with Gasteiger partial charge in [0.25, 0.3) is 11.8 Å². The molecule has 0 bridgehead atoms. The van der Waals surface area contributed by atoms with Crippen molar-refractivity contribution >= 4 is 69.1 Å². The summed E-state index contributed by atoms with van der Waals surface area (Å²) >= 11 is 11.5. The summed E-state index contributed by atoms with van der Waals surface area (Å²) in [6, 6.07) is 39.9. The minimum atomic E-state index is -0.233. The molecule has 5 aromatic carbocycles. The Bertz CT molecular complexity index is 1930. The molecule has 6 rings (SSSR count). The van der Waals surface area contributed by atoms with Crippen LogP contribution in [0.15, 0.2) is 127 Å². The zero-order valence-electron chi connectivity index (χ0n) is 24.6. The topological polar surface area (TPSA) is 94.3 Å². The van der Waals surface area contributed by atoms with E-state index < -0.39 is 0 Å².